The third-order valence-corrected chi connectivity index (χ3v) is 2.84. The Morgan fingerprint density at radius 2 is 1.36 bits per heavy atom. The summed E-state index contributed by atoms with van der Waals surface area (Å²) >= 11 is 0. The highest BCUT2D eigenvalue weighted by atomic mass is 19.4. The van der Waals surface area contributed by atoms with Crippen LogP contribution in [0.25, 0.3) is 0 Å². The summed E-state index contributed by atoms with van der Waals surface area (Å²) < 4.78 is 113. The monoisotopic (exact) mass is 389 g/mol. The molecular weight excluding hydrogens is 381 g/mol. The maximum atomic E-state index is 13.2. The number of aromatic hydroxyl groups is 2. The first kappa shape index (κ1) is 20.8. The van der Waals surface area contributed by atoms with E-state index in [1.807, 2.05) is 0 Å². The first-order valence-electron chi connectivity index (χ1n) is 6.05. The highest BCUT2D eigenvalue weighted by Gasteiger charge is 2.81. The van der Waals surface area contributed by atoms with Gasteiger partial charge in [0, 0.05) is 18.6 Å². The van der Waals surface area contributed by atoms with Gasteiger partial charge >= 0.3 is 29.9 Å². The van der Waals surface area contributed by atoms with Crippen LogP contribution in [0.4, 0.5) is 39.5 Å². The van der Waals surface area contributed by atoms with E-state index in [4.69, 9.17) is 10.2 Å². The van der Waals surface area contributed by atoms with E-state index < -0.39 is 54.5 Å². The fourth-order valence-corrected chi connectivity index (χ4v) is 1.47. The van der Waals surface area contributed by atoms with E-state index >= 15 is 0 Å². The first-order valence-corrected chi connectivity index (χ1v) is 6.05. The molecule has 1 heterocycles. The minimum absolute atomic E-state index is 0.0249. The predicted molar refractivity (Wildman–Crippen MR) is 59.5 cm³/mol. The molecule has 0 amide bonds. The summed E-state index contributed by atoms with van der Waals surface area (Å²) in [6.45, 7) is 0. The lowest BCUT2D eigenvalue weighted by Gasteiger charge is -2.33. The number of halogens is 9. The van der Waals surface area contributed by atoms with Crippen molar-refractivity contribution in [3.8, 4) is 11.8 Å². The average Bonchev–Trinajstić information content (AvgIpc) is 2.75. The van der Waals surface area contributed by atoms with Crippen LogP contribution in [-0.2, 0) is 4.79 Å². The minimum Gasteiger partial charge on any atom is -0.492 e. The van der Waals surface area contributed by atoms with Crippen molar-refractivity contribution in [2.24, 2.45) is 0 Å². The Morgan fingerprint density at radius 1 is 0.920 bits per heavy atom. The molecule has 0 fully saturated rings. The molecule has 1 rings (SSSR count). The molecule has 0 aliphatic heterocycles. The van der Waals surface area contributed by atoms with E-state index in [1.54, 1.807) is 0 Å². The van der Waals surface area contributed by atoms with Crippen LogP contribution in [0.3, 0.4) is 0 Å². The number of rotatable bonds is 6. The van der Waals surface area contributed by atoms with Crippen LogP contribution in [0.2, 0.25) is 0 Å². The zero-order valence-corrected chi connectivity index (χ0v) is 11.6. The number of carbonyl (C=O) groups is 1. The van der Waals surface area contributed by atoms with Crippen LogP contribution < -0.4 is 4.84 Å². The van der Waals surface area contributed by atoms with Gasteiger partial charge in [0.15, 0.2) is 0 Å². The summed E-state index contributed by atoms with van der Waals surface area (Å²) in [7, 11) is 0. The van der Waals surface area contributed by atoms with Crippen molar-refractivity contribution in [1.82, 2.24) is 4.73 Å². The van der Waals surface area contributed by atoms with Crippen molar-refractivity contribution in [2.45, 2.75) is 36.8 Å². The van der Waals surface area contributed by atoms with E-state index in [-0.39, 0.29) is 4.73 Å². The quantitative estimate of drug-likeness (QED) is 0.734. The molecule has 25 heavy (non-hydrogen) atoms. The van der Waals surface area contributed by atoms with Crippen LogP contribution in [0.1, 0.15) is 12.8 Å². The molecule has 0 unspecified atom stereocenters. The molecule has 144 valence electrons. The Bertz CT molecular complexity index is 618. The molecule has 0 spiro atoms. The van der Waals surface area contributed by atoms with Gasteiger partial charge in [-0.3, -0.25) is 0 Å². The molecule has 0 bridgehead atoms. The Balaban J connectivity index is 2.85. The third kappa shape index (κ3) is 3.71. The number of nitrogens with zero attached hydrogens (tertiary/aromatic N) is 1. The summed E-state index contributed by atoms with van der Waals surface area (Å²) in [6.07, 6.45) is -11.1. The van der Waals surface area contributed by atoms with Crippen molar-refractivity contribution in [3.05, 3.63) is 12.1 Å². The zero-order valence-electron chi connectivity index (χ0n) is 11.6. The van der Waals surface area contributed by atoms with E-state index in [1.165, 1.54) is 0 Å². The molecule has 0 aromatic carbocycles. The largest absolute Gasteiger partial charge is 0.492 e. The molecule has 0 radical (unpaired) electrons. The Morgan fingerprint density at radius 3 is 1.76 bits per heavy atom. The Kier molecular flexibility index (Phi) is 5.17. The van der Waals surface area contributed by atoms with E-state index in [2.05, 4.69) is 4.84 Å². The molecule has 1 aromatic heterocycles. The van der Waals surface area contributed by atoms with Crippen LogP contribution in [0.5, 0.6) is 11.8 Å². The second kappa shape index (κ2) is 6.22. The van der Waals surface area contributed by atoms with Gasteiger partial charge in [0.1, 0.15) is 0 Å². The zero-order chi connectivity index (χ0) is 19.8. The standard InChI is InChI=1S/C11H8F9NO4/c12-8(13,9(14,15)10(16,17)11(18,19)20)4-3-7(24)25-21-5(22)1-2-6(21)23/h1-2,22-23H,3-4H2. The maximum absolute atomic E-state index is 13.2. The molecule has 0 saturated carbocycles. The second-order valence-corrected chi connectivity index (χ2v) is 4.66. The van der Waals surface area contributed by atoms with Crippen molar-refractivity contribution in [3.63, 3.8) is 0 Å². The lowest BCUT2D eigenvalue weighted by molar-refractivity contribution is -0.396. The fraction of sp³-hybridized carbons (Fsp3) is 0.545. The third-order valence-electron chi connectivity index (χ3n) is 2.84. The van der Waals surface area contributed by atoms with Crippen molar-refractivity contribution >= 4 is 5.97 Å². The number of hydrogen-bond donors (Lipinski definition) is 2. The van der Waals surface area contributed by atoms with Gasteiger partial charge in [-0.25, -0.2) is 4.79 Å². The molecule has 2 N–H and O–H groups in total. The molecule has 5 nitrogen and oxygen atoms in total. The van der Waals surface area contributed by atoms with Crippen LogP contribution in [0.15, 0.2) is 12.1 Å². The van der Waals surface area contributed by atoms with Gasteiger partial charge < -0.3 is 15.1 Å². The number of aromatic nitrogens is 1. The van der Waals surface area contributed by atoms with Crippen molar-refractivity contribution in [2.75, 3.05) is 0 Å². The van der Waals surface area contributed by atoms with Crippen LogP contribution in [-0.4, -0.2) is 44.9 Å². The van der Waals surface area contributed by atoms with Gasteiger partial charge in [0.25, 0.3) is 0 Å². The Hall–Kier alpha value is -2.28. The topological polar surface area (TPSA) is 71.7 Å². The molecule has 0 aliphatic rings. The first-order chi connectivity index (χ1) is 11.0. The normalized spacial score (nSPS) is 13.8. The Labute approximate surface area is 132 Å². The molecule has 0 atom stereocenters. The average molecular weight is 389 g/mol. The van der Waals surface area contributed by atoms with Gasteiger partial charge in [-0.1, -0.05) is 0 Å². The van der Waals surface area contributed by atoms with Crippen LogP contribution in [0, 0.1) is 0 Å². The van der Waals surface area contributed by atoms with E-state index in [9.17, 15) is 44.3 Å². The smallest absolute Gasteiger partial charge is 0.460 e. The van der Waals surface area contributed by atoms with E-state index in [0.29, 0.717) is 0 Å². The number of hydrogen-bond acceptors (Lipinski definition) is 4. The van der Waals surface area contributed by atoms with E-state index in [0.717, 1.165) is 12.1 Å². The van der Waals surface area contributed by atoms with Gasteiger partial charge in [-0.05, 0) is 0 Å². The molecule has 14 heteroatoms. The molecular formula is C11H8F9NO4. The lowest BCUT2D eigenvalue weighted by Crippen LogP contribution is -2.60. The number of carbonyl (C=O) groups excluding carboxylic acids is 1. The molecule has 1 aromatic rings. The van der Waals surface area contributed by atoms with Crippen molar-refractivity contribution < 1.29 is 59.4 Å². The summed E-state index contributed by atoms with van der Waals surface area (Å²) in [5.74, 6) is -23.5. The van der Waals surface area contributed by atoms with Gasteiger partial charge in [-0.15, -0.1) is 4.73 Å². The van der Waals surface area contributed by atoms with Crippen molar-refractivity contribution in [1.29, 1.82) is 0 Å². The maximum Gasteiger partial charge on any atom is 0.460 e. The summed E-state index contributed by atoms with van der Waals surface area (Å²) in [5, 5.41) is 18.1. The fourth-order valence-electron chi connectivity index (χ4n) is 1.47. The van der Waals surface area contributed by atoms with Gasteiger partial charge in [-0.2, -0.15) is 39.5 Å². The molecule has 0 saturated heterocycles. The summed E-state index contributed by atoms with van der Waals surface area (Å²) in [5.41, 5.74) is 0. The second-order valence-electron chi connectivity index (χ2n) is 4.66. The lowest BCUT2D eigenvalue weighted by atomic mass is 10.00. The number of alkyl halides is 9. The molecule has 0 aliphatic carbocycles. The summed E-state index contributed by atoms with van der Waals surface area (Å²) in [6, 6.07) is 1.55. The highest BCUT2D eigenvalue weighted by Crippen LogP contribution is 2.54. The SMILES string of the molecule is O=C(CCC(F)(F)C(F)(F)C(F)(F)C(F)(F)F)On1c(O)ccc1O. The summed E-state index contributed by atoms with van der Waals surface area (Å²) in [4.78, 5) is 15.2. The van der Waals surface area contributed by atoms with Gasteiger partial charge in [0.05, 0.1) is 6.42 Å². The minimum atomic E-state index is -7.05. The predicted octanol–water partition coefficient (Wildman–Crippen LogP) is 3.10. The van der Waals surface area contributed by atoms with Crippen LogP contribution >= 0.6 is 0 Å². The van der Waals surface area contributed by atoms with Gasteiger partial charge in [0.2, 0.25) is 11.8 Å². The highest BCUT2D eigenvalue weighted by molar-refractivity contribution is 5.70.